The van der Waals surface area contributed by atoms with Crippen LogP contribution in [-0.2, 0) is 16.9 Å². The lowest BCUT2D eigenvalue weighted by molar-refractivity contribution is -0.0280. The fourth-order valence-electron chi connectivity index (χ4n) is 1.90. The smallest absolute Gasteiger partial charge is 0.101 e. The SMILES string of the molecule is CC(CI)(OCc1ccc(Br)cc1)c1ccccc1Br. The number of halogens is 3. The molecule has 2 aromatic rings. The molecule has 0 aliphatic rings. The van der Waals surface area contributed by atoms with Crippen molar-refractivity contribution in [1.29, 1.82) is 0 Å². The highest BCUT2D eigenvalue weighted by atomic mass is 127. The number of rotatable bonds is 5. The van der Waals surface area contributed by atoms with Crippen molar-refractivity contribution in [3.8, 4) is 0 Å². The van der Waals surface area contributed by atoms with E-state index in [1.165, 1.54) is 11.1 Å². The second kappa shape index (κ2) is 7.38. The van der Waals surface area contributed by atoms with E-state index in [2.05, 4.69) is 85.6 Å². The molecule has 20 heavy (non-hydrogen) atoms. The molecule has 0 bridgehead atoms. The molecule has 0 amide bonds. The molecule has 1 unspecified atom stereocenters. The first-order valence-corrected chi connectivity index (χ1v) is 9.36. The van der Waals surface area contributed by atoms with Gasteiger partial charge >= 0.3 is 0 Å². The van der Waals surface area contributed by atoms with Gasteiger partial charge in [-0.15, -0.1) is 0 Å². The van der Waals surface area contributed by atoms with Gasteiger partial charge in [0.15, 0.2) is 0 Å². The van der Waals surface area contributed by atoms with Gasteiger partial charge in [0, 0.05) is 13.4 Å². The van der Waals surface area contributed by atoms with Gasteiger partial charge < -0.3 is 4.74 Å². The molecule has 0 saturated carbocycles. The summed E-state index contributed by atoms with van der Waals surface area (Å²) in [6.45, 7) is 2.74. The summed E-state index contributed by atoms with van der Waals surface area (Å²) < 4.78 is 9.29. The lowest BCUT2D eigenvalue weighted by Crippen LogP contribution is -2.28. The molecule has 0 aliphatic heterocycles. The molecule has 2 aromatic carbocycles. The third-order valence-corrected chi connectivity index (χ3v) is 5.85. The van der Waals surface area contributed by atoms with E-state index < -0.39 is 0 Å². The Morgan fingerprint density at radius 1 is 1.05 bits per heavy atom. The van der Waals surface area contributed by atoms with E-state index in [0.29, 0.717) is 6.61 Å². The van der Waals surface area contributed by atoms with Gasteiger partial charge in [-0.3, -0.25) is 0 Å². The van der Waals surface area contributed by atoms with Gasteiger partial charge in [0.1, 0.15) is 5.60 Å². The number of hydrogen-bond donors (Lipinski definition) is 0. The summed E-state index contributed by atoms with van der Waals surface area (Å²) in [6, 6.07) is 16.5. The quantitative estimate of drug-likeness (QED) is 0.351. The van der Waals surface area contributed by atoms with Gasteiger partial charge in [-0.05, 0) is 36.2 Å². The van der Waals surface area contributed by atoms with E-state index in [0.717, 1.165) is 13.4 Å². The van der Waals surface area contributed by atoms with Gasteiger partial charge in [0.2, 0.25) is 0 Å². The van der Waals surface area contributed by atoms with E-state index in [-0.39, 0.29) is 5.60 Å². The van der Waals surface area contributed by atoms with E-state index in [1.807, 2.05) is 24.3 Å². The zero-order chi connectivity index (χ0) is 14.6. The van der Waals surface area contributed by atoms with Gasteiger partial charge in [-0.2, -0.15) is 0 Å². The first kappa shape index (κ1) is 16.5. The van der Waals surface area contributed by atoms with Crippen molar-refractivity contribution in [2.75, 3.05) is 4.43 Å². The summed E-state index contributed by atoms with van der Waals surface area (Å²) in [4.78, 5) is 0. The van der Waals surface area contributed by atoms with Crippen LogP contribution in [0, 0.1) is 0 Å². The summed E-state index contributed by atoms with van der Waals surface area (Å²) in [7, 11) is 0. The van der Waals surface area contributed by atoms with Crippen molar-refractivity contribution >= 4 is 54.5 Å². The highest BCUT2D eigenvalue weighted by molar-refractivity contribution is 14.1. The Hall–Kier alpha value is 0.0900. The lowest BCUT2D eigenvalue weighted by atomic mass is 9.98. The van der Waals surface area contributed by atoms with Crippen LogP contribution in [0.1, 0.15) is 18.1 Å². The number of hydrogen-bond acceptors (Lipinski definition) is 1. The predicted octanol–water partition coefficient (Wildman–Crippen LogP) is 6.08. The van der Waals surface area contributed by atoms with Gasteiger partial charge in [-0.25, -0.2) is 0 Å². The Balaban J connectivity index is 2.16. The number of benzene rings is 2. The Morgan fingerprint density at radius 2 is 1.70 bits per heavy atom. The second-order valence-corrected chi connectivity index (χ2v) is 7.29. The molecule has 1 atom stereocenters. The van der Waals surface area contributed by atoms with Crippen LogP contribution < -0.4 is 0 Å². The van der Waals surface area contributed by atoms with Crippen LogP contribution in [0.15, 0.2) is 57.5 Å². The van der Waals surface area contributed by atoms with Gasteiger partial charge in [0.05, 0.1) is 6.61 Å². The van der Waals surface area contributed by atoms with Crippen molar-refractivity contribution in [3.63, 3.8) is 0 Å². The maximum absolute atomic E-state index is 6.22. The Labute approximate surface area is 150 Å². The normalized spacial score (nSPS) is 14.0. The standard InChI is InChI=1S/C16H15Br2IO/c1-16(11-19,14-4-2-3-5-15(14)18)20-10-12-6-8-13(17)9-7-12/h2-9H,10-11H2,1H3. The summed E-state index contributed by atoms with van der Waals surface area (Å²) in [6.07, 6.45) is 0. The summed E-state index contributed by atoms with van der Waals surface area (Å²) >= 11 is 9.45. The van der Waals surface area contributed by atoms with E-state index in [4.69, 9.17) is 4.74 Å². The number of ether oxygens (including phenoxy) is 1. The first-order valence-electron chi connectivity index (χ1n) is 6.24. The van der Waals surface area contributed by atoms with Crippen molar-refractivity contribution in [2.24, 2.45) is 0 Å². The van der Waals surface area contributed by atoms with Crippen molar-refractivity contribution in [3.05, 3.63) is 68.6 Å². The fraction of sp³-hybridized carbons (Fsp3) is 0.250. The second-order valence-electron chi connectivity index (χ2n) is 4.76. The van der Waals surface area contributed by atoms with Crippen LogP contribution in [-0.4, -0.2) is 4.43 Å². The van der Waals surface area contributed by atoms with Crippen molar-refractivity contribution in [2.45, 2.75) is 19.1 Å². The third kappa shape index (κ3) is 4.06. The summed E-state index contributed by atoms with van der Waals surface area (Å²) in [5.41, 5.74) is 2.07. The molecular formula is C16H15Br2IO. The van der Waals surface area contributed by atoms with Crippen molar-refractivity contribution < 1.29 is 4.74 Å². The molecule has 1 nitrogen and oxygen atoms in total. The van der Waals surface area contributed by atoms with Crippen LogP contribution >= 0.6 is 54.5 Å². The van der Waals surface area contributed by atoms with E-state index >= 15 is 0 Å². The zero-order valence-electron chi connectivity index (χ0n) is 11.1. The molecule has 0 aliphatic carbocycles. The van der Waals surface area contributed by atoms with E-state index in [9.17, 15) is 0 Å². The summed E-state index contributed by atoms with van der Waals surface area (Å²) in [5, 5.41) is 0. The van der Waals surface area contributed by atoms with Crippen molar-refractivity contribution in [1.82, 2.24) is 0 Å². The zero-order valence-corrected chi connectivity index (χ0v) is 16.4. The maximum Gasteiger partial charge on any atom is 0.101 e. The van der Waals surface area contributed by atoms with Gasteiger partial charge in [-0.1, -0.05) is 84.8 Å². The number of alkyl halides is 1. The molecule has 0 N–H and O–H groups in total. The summed E-state index contributed by atoms with van der Waals surface area (Å²) in [5.74, 6) is 0. The molecule has 0 fully saturated rings. The maximum atomic E-state index is 6.22. The van der Waals surface area contributed by atoms with Crippen LogP contribution in [0.5, 0.6) is 0 Å². The Bertz CT molecular complexity index is 571. The fourth-order valence-corrected chi connectivity index (χ4v) is 3.50. The highest BCUT2D eigenvalue weighted by Gasteiger charge is 2.28. The third-order valence-electron chi connectivity index (χ3n) is 3.17. The van der Waals surface area contributed by atoms with E-state index in [1.54, 1.807) is 0 Å². The molecule has 0 aromatic heterocycles. The van der Waals surface area contributed by atoms with Crippen LogP contribution in [0.3, 0.4) is 0 Å². The molecule has 106 valence electrons. The monoisotopic (exact) mass is 508 g/mol. The largest absolute Gasteiger partial charge is 0.365 e. The molecule has 4 heteroatoms. The Morgan fingerprint density at radius 3 is 2.30 bits per heavy atom. The minimum absolute atomic E-state index is 0.298. The average Bonchev–Trinajstić information content (AvgIpc) is 2.47. The Kier molecular flexibility index (Phi) is 6.08. The minimum Gasteiger partial charge on any atom is -0.365 e. The lowest BCUT2D eigenvalue weighted by Gasteiger charge is -2.29. The highest BCUT2D eigenvalue weighted by Crippen LogP contribution is 2.34. The average molecular weight is 510 g/mol. The molecule has 0 spiro atoms. The predicted molar refractivity (Wildman–Crippen MR) is 99.3 cm³/mol. The molecule has 0 radical (unpaired) electrons. The minimum atomic E-state index is -0.298. The molecule has 0 heterocycles. The first-order chi connectivity index (χ1) is 9.55. The topological polar surface area (TPSA) is 9.23 Å². The molecule has 0 saturated heterocycles. The molecule has 2 rings (SSSR count). The van der Waals surface area contributed by atoms with Gasteiger partial charge in [0.25, 0.3) is 0 Å². The van der Waals surface area contributed by atoms with Crippen LogP contribution in [0.25, 0.3) is 0 Å². The van der Waals surface area contributed by atoms with Crippen LogP contribution in [0.2, 0.25) is 0 Å². The van der Waals surface area contributed by atoms with Crippen LogP contribution in [0.4, 0.5) is 0 Å². The molecular weight excluding hydrogens is 495 g/mol.